The molecule has 0 aromatic carbocycles. The summed E-state index contributed by atoms with van der Waals surface area (Å²) in [4.78, 5) is 12.6. The summed E-state index contributed by atoms with van der Waals surface area (Å²) in [7, 11) is 0. The van der Waals surface area contributed by atoms with E-state index in [0.29, 0.717) is 12.6 Å². The van der Waals surface area contributed by atoms with Crippen molar-refractivity contribution in [2.24, 2.45) is 28.9 Å². The molecular weight excluding hydrogens is 272 g/mol. The number of rotatable bonds is 4. The van der Waals surface area contributed by atoms with Crippen molar-refractivity contribution >= 4 is 18.3 Å². The first-order valence-corrected chi connectivity index (χ1v) is 8.16. The highest BCUT2D eigenvalue weighted by Gasteiger charge is 2.44. The van der Waals surface area contributed by atoms with Gasteiger partial charge in [0.25, 0.3) is 0 Å². The normalized spacial score (nSPS) is 35.6. The molecule has 3 aliphatic carbocycles. The molecule has 3 fully saturated rings. The van der Waals surface area contributed by atoms with Crippen LogP contribution in [-0.2, 0) is 4.79 Å². The minimum absolute atomic E-state index is 0. The number of nitrogens with two attached hydrogens (primary N) is 1. The van der Waals surface area contributed by atoms with Crippen molar-refractivity contribution in [3.63, 3.8) is 0 Å². The van der Waals surface area contributed by atoms with Crippen LogP contribution in [0.3, 0.4) is 0 Å². The lowest BCUT2D eigenvalue weighted by atomic mass is 9.81. The molecule has 1 amide bonds. The molecule has 4 atom stereocenters. The number of hydrogen-bond donors (Lipinski definition) is 2. The fourth-order valence-electron chi connectivity index (χ4n) is 4.95. The van der Waals surface area contributed by atoms with Crippen LogP contribution in [0.4, 0.5) is 0 Å². The third-order valence-corrected chi connectivity index (χ3v) is 6.23. The van der Waals surface area contributed by atoms with Crippen LogP contribution in [0, 0.1) is 23.2 Å². The Morgan fingerprint density at radius 1 is 1.30 bits per heavy atom. The van der Waals surface area contributed by atoms with Crippen molar-refractivity contribution in [3.8, 4) is 0 Å². The second kappa shape index (κ2) is 6.23. The molecule has 116 valence electrons. The van der Waals surface area contributed by atoms with Crippen LogP contribution >= 0.6 is 12.4 Å². The largest absolute Gasteiger partial charge is 0.353 e. The number of hydrogen-bond acceptors (Lipinski definition) is 2. The van der Waals surface area contributed by atoms with Gasteiger partial charge >= 0.3 is 0 Å². The summed E-state index contributed by atoms with van der Waals surface area (Å²) in [6, 6.07) is 0.340. The van der Waals surface area contributed by atoms with Crippen LogP contribution in [0.2, 0.25) is 0 Å². The summed E-state index contributed by atoms with van der Waals surface area (Å²) >= 11 is 0. The Balaban J connectivity index is 0.00000147. The van der Waals surface area contributed by atoms with E-state index >= 15 is 0 Å². The Kier molecular flexibility index (Phi) is 5.01. The van der Waals surface area contributed by atoms with E-state index in [9.17, 15) is 4.79 Å². The molecule has 3 aliphatic rings. The van der Waals surface area contributed by atoms with Crippen molar-refractivity contribution in [2.75, 3.05) is 6.54 Å². The summed E-state index contributed by atoms with van der Waals surface area (Å²) in [6.45, 7) is 2.73. The Labute approximate surface area is 128 Å². The van der Waals surface area contributed by atoms with Crippen molar-refractivity contribution in [2.45, 2.75) is 64.3 Å². The molecule has 0 radical (unpaired) electrons. The molecule has 0 aromatic rings. The maximum atomic E-state index is 12.6. The Bertz CT molecular complexity index is 354. The van der Waals surface area contributed by atoms with Crippen LogP contribution in [0.25, 0.3) is 0 Å². The van der Waals surface area contributed by atoms with Gasteiger partial charge in [0.1, 0.15) is 0 Å². The summed E-state index contributed by atoms with van der Waals surface area (Å²) in [5.41, 5.74) is 5.65. The van der Waals surface area contributed by atoms with Gasteiger partial charge in [-0.05, 0) is 56.8 Å². The lowest BCUT2D eigenvalue weighted by Gasteiger charge is -2.33. The van der Waals surface area contributed by atoms with Gasteiger partial charge in [-0.1, -0.05) is 19.3 Å². The van der Waals surface area contributed by atoms with Gasteiger partial charge in [0.15, 0.2) is 0 Å². The number of halogens is 1. The average molecular weight is 301 g/mol. The fourth-order valence-corrected chi connectivity index (χ4v) is 4.95. The van der Waals surface area contributed by atoms with Gasteiger partial charge in [-0.25, -0.2) is 0 Å². The van der Waals surface area contributed by atoms with E-state index in [2.05, 4.69) is 12.2 Å². The zero-order valence-electron chi connectivity index (χ0n) is 12.6. The first-order valence-electron chi connectivity index (χ1n) is 8.16. The zero-order chi connectivity index (χ0) is 13.5. The lowest BCUT2D eigenvalue weighted by molar-refractivity contribution is -0.131. The number of fused-ring (bicyclic) bond motifs is 2. The standard InChI is InChI=1S/C16H28N2O.ClH/c1-11(14-9-12-4-5-13(14)8-12)18-15(19)16(10-17)6-2-3-7-16;/h11-14H,2-10,17H2,1H3,(H,18,19);1H. The molecule has 3 N–H and O–H groups in total. The average Bonchev–Trinajstić information content (AvgIpc) is 3.14. The van der Waals surface area contributed by atoms with Crippen molar-refractivity contribution in [1.29, 1.82) is 0 Å². The van der Waals surface area contributed by atoms with Gasteiger partial charge in [0.05, 0.1) is 5.41 Å². The summed E-state index contributed by atoms with van der Waals surface area (Å²) < 4.78 is 0. The van der Waals surface area contributed by atoms with Gasteiger partial charge in [0, 0.05) is 12.6 Å². The third-order valence-electron chi connectivity index (χ3n) is 6.23. The van der Waals surface area contributed by atoms with Crippen LogP contribution in [-0.4, -0.2) is 18.5 Å². The SMILES string of the molecule is CC(NC(=O)C1(CN)CCCC1)C1CC2CCC1C2.Cl. The number of carbonyl (C=O) groups is 1. The zero-order valence-corrected chi connectivity index (χ0v) is 13.4. The molecule has 0 aliphatic heterocycles. The Morgan fingerprint density at radius 2 is 2.00 bits per heavy atom. The van der Waals surface area contributed by atoms with Crippen LogP contribution in [0.5, 0.6) is 0 Å². The van der Waals surface area contributed by atoms with E-state index in [1.807, 2.05) is 0 Å². The molecule has 2 bridgehead atoms. The highest BCUT2D eigenvalue weighted by atomic mass is 35.5. The van der Waals surface area contributed by atoms with Crippen LogP contribution in [0.1, 0.15) is 58.3 Å². The topological polar surface area (TPSA) is 55.1 Å². The number of nitrogens with one attached hydrogen (secondary N) is 1. The first-order chi connectivity index (χ1) is 9.14. The molecule has 20 heavy (non-hydrogen) atoms. The fraction of sp³-hybridized carbons (Fsp3) is 0.938. The summed E-state index contributed by atoms with van der Waals surface area (Å²) in [6.07, 6.45) is 9.85. The highest BCUT2D eigenvalue weighted by Crippen LogP contribution is 2.49. The maximum absolute atomic E-state index is 12.6. The van der Waals surface area contributed by atoms with E-state index < -0.39 is 0 Å². The van der Waals surface area contributed by atoms with E-state index in [-0.39, 0.29) is 23.7 Å². The van der Waals surface area contributed by atoms with Gasteiger partial charge in [0.2, 0.25) is 5.91 Å². The van der Waals surface area contributed by atoms with Gasteiger partial charge < -0.3 is 11.1 Å². The minimum atomic E-state index is -0.244. The molecule has 0 aromatic heterocycles. The van der Waals surface area contributed by atoms with Crippen LogP contribution < -0.4 is 11.1 Å². The van der Waals surface area contributed by atoms with Gasteiger partial charge in [-0.3, -0.25) is 4.79 Å². The molecular formula is C16H29ClN2O. The molecule has 0 heterocycles. The molecule has 0 saturated heterocycles. The molecule has 4 unspecified atom stereocenters. The molecule has 3 rings (SSSR count). The van der Waals surface area contributed by atoms with Crippen molar-refractivity contribution in [1.82, 2.24) is 5.32 Å². The molecule has 3 saturated carbocycles. The second-order valence-electron chi connectivity index (χ2n) is 7.29. The van der Waals surface area contributed by atoms with E-state index in [4.69, 9.17) is 5.73 Å². The third kappa shape index (κ3) is 2.71. The van der Waals surface area contributed by atoms with Crippen molar-refractivity contribution in [3.05, 3.63) is 0 Å². The maximum Gasteiger partial charge on any atom is 0.227 e. The predicted octanol–water partition coefficient (Wildman–Crippen LogP) is 2.87. The lowest BCUT2D eigenvalue weighted by Crippen LogP contribution is -2.49. The Morgan fingerprint density at radius 3 is 2.50 bits per heavy atom. The first kappa shape index (κ1) is 16.1. The highest BCUT2D eigenvalue weighted by molar-refractivity contribution is 5.85. The molecule has 4 heteroatoms. The van der Waals surface area contributed by atoms with Gasteiger partial charge in [-0.15, -0.1) is 12.4 Å². The Hall–Kier alpha value is -0.280. The smallest absolute Gasteiger partial charge is 0.227 e. The molecule has 0 spiro atoms. The van der Waals surface area contributed by atoms with Gasteiger partial charge in [-0.2, -0.15) is 0 Å². The van der Waals surface area contributed by atoms with E-state index in [1.165, 1.54) is 25.7 Å². The summed E-state index contributed by atoms with van der Waals surface area (Å²) in [5, 5.41) is 3.32. The number of carbonyl (C=O) groups excluding carboxylic acids is 1. The van der Waals surface area contributed by atoms with E-state index in [1.54, 1.807) is 0 Å². The van der Waals surface area contributed by atoms with Crippen LogP contribution in [0.15, 0.2) is 0 Å². The molecule has 3 nitrogen and oxygen atoms in total. The van der Waals surface area contributed by atoms with Crippen molar-refractivity contribution < 1.29 is 4.79 Å². The summed E-state index contributed by atoms with van der Waals surface area (Å²) in [5.74, 6) is 2.78. The quantitative estimate of drug-likeness (QED) is 0.839. The predicted molar refractivity (Wildman–Crippen MR) is 83.7 cm³/mol. The minimum Gasteiger partial charge on any atom is -0.353 e. The monoisotopic (exact) mass is 300 g/mol. The van der Waals surface area contributed by atoms with E-state index in [0.717, 1.165) is 43.4 Å². The second-order valence-corrected chi connectivity index (χ2v) is 7.29. The number of amides is 1.